The first-order valence-corrected chi connectivity index (χ1v) is 6.42. The Labute approximate surface area is 108 Å². The monoisotopic (exact) mass is 274 g/mol. The van der Waals surface area contributed by atoms with Gasteiger partial charge in [0, 0.05) is 10.4 Å². The van der Waals surface area contributed by atoms with Gasteiger partial charge < -0.3 is 0 Å². The number of aryl methyl sites for hydroxylation is 1. The lowest BCUT2D eigenvalue weighted by Gasteiger charge is -2.10. The summed E-state index contributed by atoms with van der Waals surface area (Å²) in [5.74, 6) is -0.288. The molecule has 0 aliphatic carbocycles. The molecule has 16 heavy (non-hydrogen) atoms. The first-order chi connectivity index (χ1) is 7.59. The van der Waals surface area contributed by atoms with Crippen LogP contribution in [0.1, 0.15) is 21.4 Å². The maximum absolute atomic E-state index is 13.7. The van der Waals surface area contributed by atoms with E-state index in [-0.39, 0.29) is 5.82 Å². The van der Waals surface area contributed by atoms with Crippen LogP contribution in [0.5, 0.6) is 0 Å². The molecule has 0 saturated heterocycles. The maximum atomic E-state index is 13.7. The van der Waals surface area contributed by atoms with Gasteiger partial charge >= 0.3 is 0 Å². The molecule has 0 nitrogen and oxygen atoms in total. The molecule has 0 fully saturated rings. The zero-order valence-corrected chi connectivity index (χ0v) is 10.8. The molecule has 4 heteroatoms. The van der Waals surface area contributed by atoms with E-state index in [2.05, 4.69) is 0 Å². The van der Waals surface area contributed by atoms with Gasteiger partial charge in [0.05, 0.1) is 10.4 Å². The van der Waals surface area contributed by atoms with Crippen LogP contribution in [-0.4, -0.2) is 0 Å². The number of rotatable bonds is 2. The molecule has 1 unspecified atom stereocenters. The van der Waals surface area contributed by atoms with Crippen molar-refractivity contribution in [2.45, 2.75) is 12.3 Å². The SMILES string of the molecule is Cc1ccc(C(Cl)c2sccc2Cl)c(F)c1. The van der Waals surface area contributed by atoms with E-state index in [0.29, 0.717) is 10.6 Å². The summed E-state index contributed by atoms with van der Waals surface area (Å²) in [6.45, 7) is 1.84. The van der Waals surface area contributed by atoms with Crippen molar-refractivity contribution in [1.29, 1.82) is 0 Å². The van der Waals surface area contributed by atoms with Crippen LogP contribution in [0.2, 0.25) is 5.02 Å². The molecule has 2 rings (SSSR count). The topological polar surface area (TPSA) is 0 Å². The van der Waals surface area contributed by atoms with Crippen molar-refractivity contribution in [1.82, 2.24) is 0 Å². The molecule has 0 N–H and O–H groups in total. The molecule has 0 aliphatic rings. The fourth-order valence-electron chi connectivity index (χ4n) is 1.47. The highest BCUT2D eigenvalue weighted by Gasteiger charge is 2.18. The fourth-order valence-corrected chi connectivity index (χ4v) is 3.13. The molecule has 0 spiro atoms. The van der Waals surface area contributed by atoms with E-state index >= 15 is 0 Å². The number of hydrogen-bond donors (Lipinski definition) is 0. The number of thiophene rings is 1. The summed E-state index contributed by atoms with van der Waals surface area (Å²) in [5, 5.41) is 1.91. The van der Waals surface area contributed by atoms with Gasteiger partial charge in [-0.2, -0.15) is 0 Å². The Morgan fingerprint density at radius 2 is 2.06 bits per heavy atom. The smallest absolute Gasteiger partial charge is 0.128 e. The van der Waals surface area contributed by atoms with E-state index in [0.717, 1.165) is 10.4 Å². The molecule has 2 aromatic rings. The van der Waals surface area contributed by atoms with Crippen LogP contribution in [0.15, 0.2) is 29.6 Å². The second-order valence-corrected chi connectivity index (χ2v) is 5.31. The number of halogens is 3. The summed E-state index contributed by atoms with van der Waals surface area (Å²) in [6, 6.07) is 6.79. The van der Waals surface area contributed by atoms with Crippen molar-refractivity contribution in [3.63, 3.8) is 0 Å². The predicted octanol–water partition coefficient (Wildman–Crippen LogP) is 5.18. The minimum atomic E-state index is -0.520. The third-order valence-corrected chi connectivity index (χ3v) is 4.31. The van der Waals surface area contributed by atoms with E-state index in [1.807, 2.05) is 18.4 Å². The standard InChI is InChI=1S/C12H9Cl2FS/c1-7-2-3-8(10(15)6-7)11(14)12-9(13)4-5-16-12/h2-6,11H,1H3. The van der Waals surface area contributed by atoms with Gasteiger partial charge in [0.15, 0.2) is 0 Å². The van der Waals surface area contributed by atoms with E-state index in [4.69, 9.17) is 23.2 Å². The fraction of sp³-hybridized carbons (Fsp3) is 0.167. The first kappa shape index (κ1) is 11.9. The van der Waals surface area contributed by atoms with Crippen molar-refractivity contribution in [2.24, 2.45) is 0 Å². The number of benzene rings is 1. The first-order valence-electron chi connectivity index (χ1n) is 4.72. The summed E-state index contributed by atoms with van der Waals surface area (Å²) >= 11 is 13.6. The summed E-state index contributed by atoms with van der Waals surface area (Å²) in [5.41, 5.74) is 1.35. The summed E-state index contributed by atoms with van der Waals surface area (Å²) in [6.07, 6.45) is 0. The average Bonchev–Trinajstić information content (AvgIpc) is 2.63. The highest BCUT2D eigenvalue weighted by molar-refractivity contribution is 7.11. The van der Waals surface area contributed by atoms with Gasteiger partial charge in [-0.3, -0.25) is 0 Å². The van der Waals surface area contributed by atoms with Gasteiger partial charge in [-0.15, -0.1) is 22.9 Å². The Morgan fingerprint density at radius 3 is 2.62 bits per heavy atom. The minimum absolute atomic E-state index is 0.288. The second kappa shape index (κ2) is 4.74. The van der Waals surface area contributed by atoms with E-state index < -0.39 is 5.38 Å². The van der Waals surface area contributed by atoms with Crippen LogP contribution >= 0.6 is 34.5 Å². The highest BCUT2D eigenvalue weighted by Crippen LogP contribution is 2.38. The van der Waals surface area contributed by atoms with E-state index in [9.17, 15) is 4.39 Å². The molecule has 0 aliphatic heterocycles. The van der Waals surface area contributed by atoms with Gasteiger partial charge in [-0.25, -0.2) is 4.39 Å². The van der Waals surface area contributed by atoms with Gasteiger partial charge in [-0.1, -0.05) is 23.7 Å². The normalized spacial score (nSPS) is 12.8. The van der Waals surface area contributed by atoms with Crippen LogP contribution < -0.4 is 0 Å². The van der Waals surface area contributed by atoms with Crippen LogP contribution in [-0.2, 0) is 0 Å². The molecule has 0 radical (unpaired) electrons. The maximum Gasteiger partial charge on any atom is 0.128 e. The average molecular weight is 275 g/mol. The molecule has 1 aromatic carbocycles. The van der Waals surface area contributed by atoms with Gasteiger partial charge in [0.2, 0.25) is 0 Å². The molecule has 0 saturated carbocycles. The van der Waals surface area contributed by atoms with Gasteiger partial charge in [0.25, 0.3) is 0 Å². The van der Waals surface area contributed by atoms with Crippen molar-refractivity contribution in [3.8, 4) is 0 Å². The lowest BCUT2D eigenvalue weighted by Crippen LogP contribution is -1.95. The van der Waals surface area contributed by atoms with Gasteiger partial charge in [-0.05, 0) is 30.0 Å². The minimum Gasteiger partial charge on any atom is -0.207 e. The third kappa shape index (κ3) is 2.24. The molecular formula is C12H9Cl2FS. The van der Waals surface area contributed by atoms with Crippen LogP contribution in [0.3, 0.4) is 0 Å². The Hall–Kier alpha value is -0.570. The molecule has 84 valence electrons. The Balaban J connectivity index is 2.41. The number of hydrogen-bond acceptors (Lipinski definition) is 1. The van der Waals surface area contributed by atoms with Crippen molar-refractivity contribution >= 4 is 34.5 Å². The Bertz CT molecular complexity index is 507. The summed E-state index contributed by atoms with van der Waals surface area (Å²) in [4.78, 5) is 0.783. The van der Waals surface area contributed by atoms with Gasteiger partial charge in [0.1, 0.15) is 5.82 Å². The summed E-state index contributed by atoms with van der Waals surface area (Å²) < 4.78 is 13.7. The van der Waals surface area contributed by atoms with Crippen molar-refractivity contribution in [3.05, 3.63) is 56.5 Å². The van der Waals surface area contributed by atoms with Crippen LogP contribution in [0.4, 0.5) is 4.39 Å². The zero-order chi connectivity index (χ0) is 11.7. The van der Waals surface area contributed by atoms with E-state index in [1.165, 1.54) is 17.4 Å². The molecule has 1 atom stereocenters. The second-order valence-electron chi connectivity index (χ2n) is 3.52. The Morgan fingerprint density at radius 1 is 1.31 bits per heavy atom. The van der Waals surface area contributed by atoms with Crippen molar-refractivity contribution < 1.29 is 4.39 Å². The van der Waals surface area contributed by atoms with Crippen molar-refractivity contribution in [2.75, 3.05) is 0 Å². The largest absolute Gasteiger partial charge is 0.207 e. The molecular weight excluding hydrogens is 266 g/mol. The molecule has 1 aromatic heterocycles. The molecule has 0 bridgehead atoms. The quantitative estimate of drug-likeness (QED) is 0.663. The number of alkyl halides is 1. The van der Waals surface area contributed by atoms with E-state index in [1.54, 1.807) is 12.1 Å². The molecule has 0 amide bonds. The highest BCUT2D eigenvalue weighted by atomic mass is 35.5. The molecule has 1 heterocycles. The third-order valence-electron chi connectivity index (χ3n) is 2.30. The lowest BCUT2D eigenvalue weighted by atomic mass is 10.1. The Kier molecular flexibility index (Phi) is 3.53. The summed E-state index contributed by atoms with van der Waals surface area (Å²) in [7, 11) is 0. The van der Waals surface area contributed by atoms with Crippen LogP contribution in [0, 0.1) is 12.7 Å². The van der Waals surface area contributed by atoms with Crippen LogP contribution in [0.25, 0.3) is 0 Å². The predicted molar refractivity (Wildman–Crippen MR) is 68.2 cm³/mol. The zero-order valence-electron chi connectivity index (χ0n) is 8.51. The lowest BCUT2D eigenvalue weighted by molar-refractivity contribution is 0.611.